The molecule has 9 nitrogen and oxygen atoms in total. The van der Waals surface area contributed by atoms with Crippen LogP contribution >= 0.6 is 11.6 Å². The molecule has 1 aliphatic carbocycles. The van der Waals surface area contributed by atoms with Crippen LogP contribution in [0.4, 0.5) is 0 Å². The van der Waals surface area contributed by atoms with Gasteiger partial charge in [-0.15, -0.1) is 0 Å². The molecule has 3 aliphatic rings. The van der Waals surface area contributed by atoms with E-state index >= 15 is 0 Å². The number of pyridine rings is 1. The molecule has 2 amide bonds. The van der Waals surface area contributed by atoms with Crippen LogP contribution in [0.3, 0.4) is 0 Å². The summed E-state index contributed by atoms with van der Waals surface area (Å²) in [6.45, 7) is 0.654. The van der Waals surface area contributed by atoms with Gasteiger partial charge in [0.15, 0.2) is 0 Å². The minimum absolute atomic E-state index is 0.0781. The number of allylic oxidation sites excluding steroid dienone is 2. The molecule has 2 aromatic rings. The van der Waals surface area contributed by atoms with Crippen molar-refractivity contribution in [3.63, 3.8) is 0 Å². The maximum absolute atomic E-state index is 14.0. The number of aromatic nitrogens is 1. The summed E-state index contributed by atoms with van der Waals surface area (Å²) in [5.41, 5.74) is 4.24. The summed E-state index contributed by atoms with van der Waals surface area (Å²) >= 11 is 6.32. The van der Waals surface area contributed by atoms with Crippen LogP contribution in [-0.4, -0.2) is 65.9 Å². The zero-order valence-corrected chi connectivity index (χ0v) is 23.1. The molecular weight excluding hydrogens is 540 g/mol. The van der Waals surface area contributed by atoms with Gasteiger partial charge in [-0.25, -0.2) is 13.9 Å². The van der Waals surface area contributed by atoms with E-state index in [1.165, 1.54) is 10.6 Å². The molecule has 11 heteroatoms. The van der Waals surface area contributed by atoms with Gasteiger partial charge >= 0.3 is 0 Å². The summed E-state index contributed by atoms with van der Waals surface area (Å²) in [6.07, 6.45) is 10.6. The molecule has 3 heterocycles. The summed E-state index contributed by atoms with van der Waals surface area (Å²) in [5.74, 6) is -1.78. The summed E-state index contributed by atoms with van der Waals surface area (Å²) in [5, 5.41) is 0.521. The number of piperidine rings is 1. The van der Waals surface area contributed by atoms with Gasteiger partial charge in [-0.1, -0.05) is 54.4 Å². The quantitative estimate of drug-likeness (QED) is 0.488. The van der Waals surface area contributed by atoms with Gasteiger partial charge in [-0.3, -0.25) is 19.4 Å². The van der Waals surface area contributed by atoms with E-state index in [9.17, 15) is 18.0 Å². The fourth-order valence-electron chi connectivity index (χ4n) is 5.81. The first kappa shape index (κ1) is 27.5. The van der Waals surface area contributed by atoms with E-state index in [2.05, 4.69) is 10.5 Å². The normalized spacial score (nSPS) is 25.3. The van der Waals surface area contributed by atoms with Crippen molar-refractivity contribution in [1.29, 1.82) is 0 Å². The number of carbonyl (C=O) groups is 2. The highest BCUT2D eigenvalue weighted by molar-refractivity contribution is 7.88. The van der Waals surface area contributed by atoms with Crippen molar-refractivity contribution in [3.05, 3.63) is 88.7 Å². The molecule has 0 saturated carbocycles. The van der Waals surface area contributed by atoms with Gasteiger partial charge in [0, 0.05) is 41.8 Å². The van der Waals surface area contributed by atoms with Crippen LogP contribution in [0, 0.1) is 5.92 Å². The standard InChI is InChI=1S/C28H31ClN4O5S/c1-39(36,37)33-15-7-5-9-22(33)17-32-26(19-12-13-20(29)16-19)25(23-10-2-3-11-24(23)28(32)35)27(34)31-38-18-21-8-4-6-14-30-21/h2-4,6,8,10-14,16,19,22,25-26H,5,7,9,15,17-18H2,1H3,(H,31,34). The SMILES string of the molecule is CS(=O)(=O)N1CCCCC1CN1C(=O)c2ccccc2C(C(=O)NOCc2ccccn2)C1C1C=CC(Cl)=C1. The van der Waals surface area contributed by atoms with E-state index in [1.54, 1.807) is 53.6 Å². The number of nitrogens with zero attached hydrogens (tertiary/aromatic N) is 3. The highest BCUT2D eigenvalue weighted by Gasteiger charge is 2.48. The Morgan fingerprint density at radius 2 is 1.97 bits per heavy atom. The molecule has 1 fully saturated rings. The fourth-order valence-corrected chi connectivity index (χ4v) is 7.20. The van der Waals surface area contributed by atoms with E-state index in [4.69, 9.17) is 16.4 Å². The molecule has 4 unspecified atom stereocenters. The van der Waals surface area contributed by atoms with E-state index in [0.717, 1.165) is 12.8 Å². The smallest absolute Gasteiger partial charge is 0.254 e. The highest BCUT2D eigenvalue weighted by Crippen LogP contribution is 2.41. The maximum Gasteiger partial charge on any atom is 0.254 e. The Morgan fingerprint density at radius 3 is 2.69 bits per heavy atom. The van der Waals surface area contributed by atoms with Crippen molar-refractivity contribution < 1.29 is 22.8 Å². The molecule has 5 rings (SSSR count). The number of hydroxylamine groups is 1. The van der Waals surface area contributed by atoms with Crippen molar-refractivity contribution >= 4 is 33.4 Å². The second-order valence-corrected chi connectivity index (χ2v) is 12.5. The Balaban J connectivity index is 1.50. The number of rotatable bonds is 8. The van der Waals surface area contributed by atoms with Gasteiger partial charge in [0.2, 0.25) is 10.0 Å². The molecule has 39 heavy (non-hydrogen) atoms. The minimum Gasteiger partial charge on any atom is -0.332 e. The van der Waals surface area contributed by atoms with Crippen LogP contribution in [0.15, 0.2) is 71.9 Å². The van der Waals surface area contributed by atoms with Gasteiger partial charge in [0.25, 0.3) is 11.8 Å². The first-order valence-corrected chi connectivity index (χ1v) is 15.2. The molecule has 0 spiro atoms. The molecule has 0 radical (unpaired) electrons. The van der Waals surface area contributed by atoms with Crippen molar-refractivity contribution in [2.75, 3.05) is 19.3 Å². The Labute approximate surface area is 233 Å². The average Bonchev–Trinajstić information content (AvgIpc) is 3.36. The third kappa shape index (κ3) is 5.94. The summed E-state index contributed by atoms with van der Waals surface area (Å²) in [7, 11) is -3.47. The van der Waals surface area contributed by atoms with E-state index in [-0.39, 0.29) is 31.0 Å². The zero-order valence-electron chi connectivity index (χ0n) is 21.6. The third-order valence-corrected chi connectivity index (χ3v) is 9.10. The molecule has 4 atom stereocenters. The summed E-state index contributed by atoms with van der Waals surface area (Å²) in [4.78, 5) is 39.2. The van der Waals surface area contributed by atoms with Gasteiger partial charge in [-0.05, 0) is 42.7 Å². The Hall–Kier alpha value is -3.05. The van der Waals surface area contributed by atoms with Crippen LogP contribution in [0.5, 0.6) is 0 Å². The molecule has 1 aromatic carbocycles. The van der Waals surface area contributed by atoms with Crippen LogP contribution < -0.4 is 5.48 Å². The molecule has 1 N–H and O–H groups in total. The molecule has 1 aromatic heterocycles. The van der Waals surface area contributed by atoms with Crippen LogP contribution in [-0.2, 0) is 26.3 Å². The fraction of sp³-hybridized carbons (Fsp3) is 0.393. The Kier molecular flexibility index (Phi) is 8.18. The number of sulfonamides is 1. The van der Waals surface area contributed by atoms with Crippen LogP contribution in [0.2, 0.25) is 0 Å². The largest absolute Gasteiger partial charge is 0.332 e. The lowest BCUT2D eigenvalue weighted by Crippen LogP contribution is -2.59. The monoisotopic (exact) mass is 570 g/mol. The van der Waals surface area contributed by atoms with E-state index < -0.39 is 27.9 Å². The second kappa shape index (κ2) is 11.6. The average molecular weight is 571 g/mol. The number of hydrogen-bond donors (Lipinski definition) is 1. The molecule has 206 valence electrons. The molecular formula is C28H31ClN4O5S. The lowest BCUT2D eigenvalue weighted by molar-refractivity contribution is -0.138. The first-order chi connectivity index (χ1) is 18.7. The lowest BCUT2D eigenvalue weighted by Gasteiger charge is -2.46. The highest BCUT2D eigenvalue weighted by atomic mass is 35.5. The van der Waals surface area contributed by atoms with E-state index in [0.29, 0.717) is 34.8 Å². The summed E-state index contributed by atoms with van der Waals surface area (Å²) in [6, 6.07) is 11.4. The van der Waals surface area contributed by atoms with Crippen LogP contribution in [0.1, 0.15) is 46.8 Å². The lowest BCUT2D eigenvalue weighted by atomic mass is 9.76. The minimum atomic E-state index is -3.47. The topological polar surface area (TPSA) is 109 Å². The number of nitrogens with one attached hydrogen (secondary N) is 1. The summed E-state index contributed by atoms with van der Waals surface area (Å²) < 4.78 is 26.7. The molecule has 2 aliphatic heterocycles. The van der Waals surface area contributed by atoms with Gasteiger partial charge in [-0.2, -0.15) is 4.31 Å². The van der Waals surface area contributed by atoms with Crippen molar-refractivity contribution in [1.82, 2.24) is 19.7 Å². The van der Waals surface area contributed by atoms with Gasteiger partial charge < -0.3 is 4.90 Å². The second-order valence-electron chi connectivity index (χ2n) is 10.1. The molecule has 0 bridgehead atoms. The van der Waals surface area contributed by atoms with Crippen molar-refractivity contribution in [2.45, 2.75) is 43.9 Å². The third-order valence-electron chi connectivity index (χ3n) is 7.52. The van der Waals surface area contributed by atoms with Crippen molar-refractivity contribution in [2.24, 2.45) is 5.92 Å². The predicted octanol–water partition coefficient (Wildman–Crippen LogP) is 3.36. The predicted molar refractivity (Wildman–Crippen MR) is 147 cm³/mol. The van der Waals surface area contributed by atoms with Gasteiger partial charge in [0.1, 0.15) is 6.61 Å². The number of halogens is 1. The first-order valence-electron chi connectivity index (χ1n) is 13.0. The zero-order chi connectivity index (χ0) is 27.6. The number of fused-ring (bicyclic) bond motifs is 1. The number of benzene rings is 1. The number of hydrogen-bond acceptors (Lipinski definition) is 6. The van der Waals surface area contributed by atoms with E-state index in [1.807, 2.05) is 18.2 Å². The van der Waals surface area contributed by atoms with Crippen LogP contribution in [0.25, 0.3) is 0 Å². The van der Waals surface area contributed by atoms with Crippen molar-refractivity contribution in [3.8, 4) is 0 Å². The van der Waals surface area contributed by atoms with Gasteiger partial charge in [0.05, 0.1) is 23.9 Å². The Bertz CT molecular complexity index is 1400. The number of carbonyl (C=O) groups excluding carboxylic acids is 2. The number of amides is 2. The maximum atomic E-state index is 14.0. The Morgan fingerprint density at radius 1 is 1.18 bits per heavy atom. The molecule has 1 saturated heterocycles.